The molecule has 10 heteroatoms. The third kappa shape index (κ3) is 5.21. The largest absolute Gasteiger partial charge is 0.322 e. The first-order chi connectivity index (χ1) is 16.1. The molecule has 34 heavy (non-hydrogen) atoms. The highest BCUT2D eigenvalue weighted by molar-refractivity contribution is 6.24. The zero-order chi connectivity index (χ0) is 24.5. The summed E-state index contributed by atoms with van der Waals surface area (Å²) in [5.41, 5.74) is 1.90. The van der Waals surface area contributed by atoms with Gasteiger partial charge in [-0.3, -0.25) is 19.3 Å². The summed E-state index contributed by atoms with van der Waals surface area (Å²) in [7, 11) is 1.60. The molecule has 1 aliphatic carbocycles. The molecule has 0 unspecified atom stereocenters. The van der Waals surface area contributed by atoms with E-state index in [1.54, 1.807) is 20.0 Å². The molecule has 2 aromatic rings. The van der Waals surface area contributed by atoms with Gasteiger partial charge in [-0.25, -0.2) is 13.2 Å². The van der Waals surface area contributed by atoms with Crippen molar-refractivity contribution in [3.8, 4) is 11.3 Å². The van der Waals surface area contributed by atoms with Gasteiger partial charge in [-0.05, 0) is 44.4 Å². The molecule has 4 rings (SSSR count). The first-order valence-corrected chi connectivity index (χ1v) is 11.2. The van der Waals surface area contributed by atoms with Crippen LogP contribution in [0.25, 0.3) is 11.3 Å². The van der Waals surface area contributed by atoms with E-state index in [4.69, 9.17) is 0 Å². The number of alkyl halides is 2. The first-order valence-electron chi connectivity index (χ1n) is 11.2. The fourth-order valence-electron chi connectivity index (χ4n) is 4.18. The van der Waals surface area contributed by atoms with Gasteiger partial charge >= 0.3 is 0 Å². The summed E-state index contributed by atoms with van der Waals surface area (Å²) < 4.78 is 43.0. The van der Waals surface area contributed by atoms with Gasteiger partial charge < -0.3 is 10.6 Å². The predicted octanol–water partition coefficient (Wildman–Crippen LogP) is 4.72. The number of benzene rings is 1. The zero-order valence-corrected chi connectivity index (χ0v) is 19.0. The van der Waals surface area contributed by atoms with Crippen LogP contribution in [0.15, 0.2) is 40.9 Å². The van der Waals surface area contributed by atoms with Gasteiger partial charge in [0.2, 0.25) is 11.8 Å². The van der Waals surface area contributed by atoms with Gasteiger partial charge in [-0.1, -0.05) is 6.08 Å². The first kappa shape index (κ1) is 23.7. The Kier molecular flexibility index (Phi) is 6.58. The molecule has 1 aliphatic heterocycles. The third-order valence-corrected chi connectivity index (χ3v) is 6.18. The van der Waals surface area contributed by atoms with Crippen LogP contribution in [-0.2, 0) is 16.6 Å². The third-order valence-electron chi connectivity index (χ3n) is 6.18. The summed E-state index contributed by atoms with van der Waals surface area (Å²) in [5.74, 6) is -4.15. The average Bonchev–Trinajstić information content (AvgIpc) is 3.13. The monoisotopic (exact) mass is 473 g/mol. The Morgan fingerprint density at radius 2 is 1.88 bits per heavy atom. The predicted molar refractivity (Wildman–Crippen MR) is 123 cm³/mol. The van der Waals surface area contributed by atoms with E-state index in [0.717, 1.165) is 0 Å². The summed E-state index contributed by atoms with van der Waals surface area (Å²) in [6.07, 6.45) is 2.12. The molecular weight excluding hydrogens is 447 g/mol. The lowest BCUT2D eigenvalue weighted by molar-refractivity contribution is -0.124. The van der Waals surface area contributed by atoms with Crippen molar-refractivity contribution >= 4 is 29.0 Å². The van der Waals surface area contributed by atoms with E-state index in [0.29, 0.717) is 41.4 Å². The summed E-state index contributed by atoms with van der Waals surface area (Å²) in [5, 5.41) is 9.66. The SMILES string of the molecule is CC1=NCCC=C1C(=O)Nc1ccc(-c2cc(NC(=O)C3CCC(F)(F)CC3)n(C)n2)c(F)c1. The van der Waals surface area contributed by atoms with Crippen molar-refractivity contribution in [3.05, 3.63) is 41.7 Å². The summed E-state index contributed by atoms with van der Waals surface area (Å²) in [6.45, 7) is 2.41. The van der Waals surface area contributed by atoms with E-state index >= 15 is 0 Å². The molecule has 2 N–H and O–H groups in total. The number of hydrogen-bond donors (Lipinski definition) is 2. The highest BCUT2D eigenvalue weighted by Gasteiger charge is 2.37. The lowest BCUT2D eigenvalue weighted by atomic mass is 9.86. The van der Waals surface area contributed by atoms with Crippen molar-refractivity contribution in [2.75, 3.05) is 17.2 Å². The number of anilines is 2. The Morgan fingerprint density at radius 1 is 1.15 bits per heavy atom. The van der Waals surface area contributed by atoms with E-state index < -0.39 is 17.7 Å². The molecule has 2 heterocycles. The Morgan fingerprint density at radius 3 is 2.56 bits per heavy atom. The fraction of sp³-hybridized carbons (Fsp3) is 0.417. The molecule has 180 valence electrons. The van der Waals surface area contributed by atoms with Gasteiger partial charge in [0.15, 0.2) is 0 Å². The van der Waals surface area contributed by atoms with Crippen LogP contribution < -0.4 is 10.6 Å². The van der Waals surface area contributed by atoms with Crippen LogP contribution in [0.4, 0.5) is 24.7 Å². The number of hydrogen-bond acceptors (Lipinski definition) is 4. The summed E-state index contributed by atoms with van der Waals surface area (Å²) >= 11 is 0. The Hall–Kier alpha value is -3.43. The Labute approximate surface area is 195 Å². The zero-order valence-electron chi connectivity index (χ0n) is 19.0. The van der Waals surface area contributed by atoms with Gasteiger partial charge in [0.1, 0.15) is 11.6 Å². The van der Waals surface area contributed by atoms with Crippen LogP contribution in [-0.4, -0.2) is 39.8 Å². The molecule has 0 saturated heterocycles. The standard InChI is InChI=1S/C24H26F3N5O2/c1-14-17(4-3-11-28-14)23(34)29-16-5-6-18(19(25)12-16)20-13-21(32(2)31-20)30-22(33)15-7-9-24(26,27)10-8-15/h4-6,12-13,15H,3,7-11H2,1-2H3,(H,29,34)(H,30,33). The fourth-order valence-corrected chi connectivity index (χ4v) is 4.18. The van der Waals surface area contributed by atoms with Crippen LogP contribution in [0.3, 0.4) is 0 Å². The topological polar surface area (TPSA) is 88.4 Å². The van der Waals surface area contributed by atoms with E-state index in [1.807, 2.05) is 6.08 Å². The molecule has 0 atom stereocenters. The summed E-state index contributed by atoms with van der Waals surface area (Å²) in [6, 6.07) is 5.80. The van der Waals surface area contributed by atoms with Gasteiger partial charge in [0.25, 0.3) is 5.91 Å². The number of rotatable bonds is 5. The van der Waals surface area contributed by atoms with Crippen LogP contribution in [0.1, 0.15) is 39.0 Å². The number of halogens is 3. The number of carbonyl (C=O) groups excluding carboxylic acids is 2. The molecule has 1 saturated carbocycles. The number of carbonyl (C=O) groups is 2. The number of nitrogens with zero attached hydrogens (tertiary/aromatic N) is 3. The Bertz CT molecular complexity index is 1180. The molecule has 1 fully saturated rings. The molecule has 7 nitrogen and oxygen atoms in total. The lowest BCUT2D eigenvalue weighted by Gasteiger charge is -2.27. The number of aliphatic imine (C=N–C) groups is 1. The molecule has 0 spiro atoms. The molecule has 1 aromatic carbocycles. The second kappa shape index (κ2) is 9.44. The maximum atomic E-state index is 14.9. The van der Waals surface area contributed by atoms with Gasteiger partial charge in [0.05, 0.1) is 11.3 Å². The van der Waals surface area contributed by atoms with Crippen LogP contribution in [0.5, 0.6) is 0 Å². The second-order valence-corrected chi connectivity index (χ2v) is 8.68. The quantitative estimate of drug-likeness (QED) is 0.659. The number of aryl methyl sites for hydroxylation is 1. The van der Waals surface area contributed by atoms with Crippen LogP contribution in [0, 0.1) is 11.7 Å². The minimum absolute atomic E-state index is 0.119. The van der Waals surface area contributed by atoms with Crippen molar-refractivity contribution in [1.82, 2.24) is 9.78 Å². The minimum atomic E-state index is -2.71. The number of dihydropyridines is 1. The van der Waals surface area contributed by atoms with E-state index in [9.17, 15) is 22.8 Å². The van der Waals surface area contributed by atoms with Crippen molar-refractivity contribution in [2.45, 2.75) is 45.0 Å². The number of aromatic nitrogens is 2. The van der Waals surface area contributed by atoms with Gasteiger partial charge in [-0.15, -0.1) is 0 Å². The highest BCUT2D eigenvalue weighted by Crippen LogP contribution is 2.36. The van der Waals surface area contributed by atoms with Crippen molar-refractivity contribution in [1.29, 1.82) is 0 Å². The Balaban J connectivity index is 1.44. The lowest BCUT2D eigenvalue weighted by Crippen LogP contribution is -2.32. The molecule has 0 radical (unpaired) electrons. The van der Waals surface area contributed by atoms with Gasteiger partial charge in [0, 0.05) is 55.4 Å². The van der Waals surface area contributed by atoms with Crippen LogP contribution in [0.2, 0.25) is 0 Å². The molecule has 1 aromatic heterocycles. The van der Waals surface area contributed by atoms with E-state index in [-0.39, 0.29) is 43.1 Å². The minimum Gasteiger partial charge on any atom is -0.322 e. The molecule has 0 bridgehead atoms. The number of amides is 2. The summed E-state index contributed by atoms with van der Waals surface area (Å²) in [4.78, 5) is 29.3. The smallest absolute Gasteiger partial charge is 0.257 e. The highest BCUT2D eigenvalue weighted by atomic mass is 19.3. The van der Waals surface area contributed by atoms with Crippen molar-refractivity contribution < 1.29 is 22.8 Å². The maximum absolute atomic E-state index is 14.9. The molecule has 2 amide bonds. The number of nitrogens with one attached hydrogen (secondary N) is 2. The normalized spacial score (nSPS) is 18.1. The van der Waals surface area contributed by atoms with Crippen molar-refractivity contribution in [3.63, 3.8) is 0 Å². The van der Waals surface area contributed by atoms with E-state index in [2.05, 4.69) is 20.7 Å². The van der Waals surface area contributed by atoms with Crippen LogP contribution >= 0.6 is 0 Å². The molecular formula is C24H26F3N5O2. The average molecular weight is 473 g/mol. The van der Waals surface area contributed by atoms with Crippen molar-refractivity contribution in [2.24, 2.45) is 18.0 Å². The second-order valence-electron chi connectivity index (χ2n) is 8.68. The van der Waals surface area contributed by atoms with Gasteiger partial charge in [-0.2, -0.15) is 5.10 Å². The maximum Gasteiger partial charge on any atom is 0.257 e. The van der Waals surface area contributed by atoms with E-state index in [1.165, 1.54) is 22.9 Å². The molecule has 2 aliphatic rings.